The first-order valence-electron chi connectivity index (χ1n) is 8.17. The van der Waals surface area contributed by atoms with Gasteiger partial charge in [0.05, 0.1) is 0 Å². The SMILES string of the molecule is Cc1ccccc1CSCCC(=O)NC1CCCCCC1. The van der Waals surface area contributed by atoms with Crippen LogP contribution in [0.3, 0.4) is 0 Å². The van der Waals surface area contributed by atoms with Crippen molar-refractivity contribution in [3.8, 4) is 0 Å². The molecule has 2 rings (SSSR count). The molecule has 21 heavy (non-hydrogen) atoms. The Kier molecular flexibility index (Phi) is 7.14. The van der Waals surface area contributed by atoms with Gasteiger partial charge in [0, 0.05) is 24.0 Å². The molecule has 0 aromatic heterocycles. The Labute approximate surface area is 133 Å². The topological polar surface area (TPSA) is 29.1 Å². The quantitative estimate of drug-likeness (QED) is 0.621. The number of nitrogens with one attached hydrogen (secondary N) is 1. The third-order valence-corrected chi connectivity index (χ3v) is 5.22. The largest absolute Gasteiger partial charge is 0.353 e. The summed E-state index contributed by atoms with van der Waals surface area (Å²) in [5.41, 5.74) is 2.72. The van der Waals surface area contributed by atoms with Crippen molar-refractivity contribution >= 4 is 17.7 Å². The zero-order chi connectivity index (χ0) is 14.9. The van der Waals surface area contributed by atoms with Gasteiger partial charge in [-0.05, 0) is 30.9 Å². The zero-order valence-corrected chi connectivity index (χ0v) is 13.9. The van der Waals surface area contributed by atoms with Crippen LogP contribution in [0.2, 0.25) is 0 Å². The number of rotatable bonds is 6. The highest BCUT2D eigenvalue weighted by Crippen LogP contribution is 2.18. The minimum atomic E-state index is 0.235. The molecule has 2 nitrogen and oxygen atoms in total. The van der Waals surface area contributed by atoms with Crippen LogP contribution >= 0.6 is 11.8 Å². The van der Waals surface area contributed by atoms with Gasteiger partial charge in [-0.2, -0.15) is 11.8 Å². The van der Waals surface area contributed by atoms with Crippen molar-refractivity contribution in [1.82, 2.24) is 5.32 Å². The van der Waals surface area contributed by atoms with Crippen molar-refractivity contribution in [2.75, 3.05) is 5.75 Å². The molecule has 0 unspecified atom stereocenters. The lowest BCUT2D eigenvalue weighted by Crippen LogP contribution is -2.34. The Balaban J connectivity index is 1.62. The van der Waals surface area contributed by atoms with Gasteiger partial charge in [0.2, 0.25) is 5.91 Å². The van der Waals surface area contributed by atoms with E-state index in [9.17, 15) is 4.79 Å². The van der Waals surface area contributed by atoms with Crippen LogP contribution in [-0.4, -0.2) is 17.7 Å². The maximum atomic E-state index is 12.0. The summed E-state index contributed by atoms with van der Waals surface area (Å²) in [6, 6.07) is 8.91. The molecule has 1 aromatic rings. The van der Waals surface area contributed by atoms with Crippen LogP contribution in [0.5, 0.6) is 0 Å². The summed E-state index contributed by atoms with van der Waals surface area (Å²) in [6.45, 7) is 2.15. The van der Waals surface area contributed by atoms with Crippen molar-refractivity contribution in [2.45, 2.75) is 63.7 Å². The highest BCUT2D eigenvalue weighted by molar-refractivity contribution is 7.98. The molecule has 1 aromatic carbocycles. The molecule has 0 saturated heterocycles. The van der Waals surface area contributed by atoms with Crippen LogP contribution in [0.4, 0.5) is 0 Å². The van der Waals surface area contributed by atoms with Gasteiger partial charge in [0.1, 0.15) is 0 Å². The number of amides is 1. The van der Waals surface area contributed by atoms with E-state index in [4.69, 9.17) is 0 Å². The van der Waals surface area contributed by atoms with Crippen LogP contribution in [0.1, 0.15) is 56.1 Å². The van der Waals surface area contributed by atoms with E-state index in [1.54, 1.807) is 0 Å². The van der Waals surface area contributed by atoms with Crippen molar-refractivity contribution in [3.63, 3.8) is 0 Å². The summed E-state index contributed by atoms with van der Waals surface area (Å²) in [5.74, 6) is 2.15. The number of thioether (sulfide) groups is 1. The number of hydrogen-bond acceptors (Lipinski definition) is 2. The highest BCUT2D eigenvalue weighted by atomic mass is 32.2. The van der Waals surface area contributed by atoms with Gasteiger partial charge in [-0.3, -0.25) is 4.79 Å². The first kappa shape index (κ1) is 16.4. The van der Waals surface area contributed by atoms with Gasteiger partial charge in [0.25, 0.3) is 0 Å². The lowest BCUT2D eigenvalue weighted by atomic mass is 10.1. The standard InChI is InChI=1S/C18H27NOS/c1-15-8-6-7-9-16(15)14-21-13-12-18(20)19-17-10-4-2-3-5-11-17/h6-9,17H,2-5,10-14H2,1H3,(H,19,20). The molecule has 1 N–H and O–H groups in total. The van der Waals surface area contributed by atoms with Gasteiger partial charge in [-0.1, -0.05) is 49.9 Å². The Bertz CT molecular complexity index is 439. The number of hydrogen-bond donors (Lipinski definition) is 1. The van der Waals surface area contributed by atoms with E-state index in [0.29, 0.717) is 12.5 Å². The molecule has 0 spiro atoms. The van der Waals surface area contributed by atoms with E-state index in [2.05, 4.69) is 36.5 Å². The lowest BCUT2D eigenvalue weighted by Gasteiger charge is -2.16. The zero-order valence-electron chi connectivity index (χ0n) is 13.1. The molecule has 0 atom stereocenters. The molecule has 0 bridgehead atoms. The molecule has 0 aliphatic heterocycles. The Morgan fingerprint density at radius 3 is 2.62 bits per heavy atom. The van der Waals surface area contributed by atoms with Crippen LogP contribution < -0.4 is 5.32 Å². The number of benzene rings is 1. The van der Waals surface area contributed by atoms with Crippen molar-refractivity contribution < 1.29 is 4.79 Å². The maximum Gasteiger partial charge on any atom is 0.221 e. The highest BCUT2D eigenvalue weighted by Gasteiger charge is 2.14. The summed E-state index contributed by atoms with van der Waals surface area (Å²) in [4.78, 5) is 12.0. The third-order valence-electron chi connectivity index (χ3n) is 4.21. The van der Waals surface area contributed by atoms with Gasteiger partial charge < -0.3 is 5.32 Å². The predicted octanol–water partition coefficient (Wildman–Crippen LogP) is 4.46. The molecular formula is C18H27NOS. The molecule has 1 saturated carbocycles. The van der Waals surface area contributed by atoms with E-state index in [0.717, 1.165) is 11.5 Å². The minimum absolute atomic E-state index is 0.235. The smallest absolute Gasteiger partial charge is 0.221 e. The molecule has 0 heterocycles. The lowest BCUT2D eigenvalue weighted by molar-refractivity contribution is -0.121. The Morgan fingerprint density at radius 1 is 1.19 bits per heavy atom. The van der Waals surface area contributed by atoms with Crippen LogP contribution in [0.25, 0.3) is 0 Å². The first-order valence-corrected chi connectivity index (χ1v) is 9.33. The van der Waals surface area contributed by atoms with Crippen LogP contribution in [0.15, 0.2) is 24.3 Å². The van der Waals surface area contributed by atoms with E-state index in [-0.39, 0.29) is 5.91 Å². The van der Waals surface area contributed by atoms with Gasteiger partial charge in [0.15, 0.2) is 0 Å². The molecule has 1 amide bonds. The first-order chi connectivity index (χ1) is 10.3. The number of carbonyl (C=O) groups is 1. The third kappa shape index (κ3) is 6.13. The van der Waals surface area contributed by atoms with Crippen molar-refractivity contribution in [1.29, 1.82) is 0 Å². The second kappa shape index (κ2) is 9.14. The summed E-state index contributed by atoms with van der Waals surface area (Å²) in [7, 11) is 0. The summed E-state index contributed by atoms with van der Waals surface area (Å²) in [5, 5.41) is 3.22. The molecular weight excluding hydrogens is 278 g/mol. The fourth-order valence-electron chi connectivity index (χ4n) is 2.84. The van der Waals surface area contributed by atoms with Gasteiger partial charge in [-0.25, -0.2) is 0 Å². The summed E-state index contributed by atoms with van der Waals surface area (Å²) >= 11 is 1.85. The second-order valence-electron chi connectivity index (χ2n) is 5.99. The van der Waals surface area contributed by atoms with Crippen LogP contribution in [0, 0.1) is 6.92 Å². The minimum Gasteiger partial charge on any atom is -0.353 e. The second-order valence-corrected chi connectivity index (χ2v) is 7.09. The van der Waals surface area contributed by atoms with E-state index < -0.39 is 0 Å². The van der Waals surface area contributed by atoms with Gasteiger partial charge in [-0.15, -0.1) is 0 Å². The molecule has 0 radical (unpaired) electrons. The molecule has 1 aliphatic carbocycles. The van der Waals surface area contributed by atoms with E-state index >= 15 is 0 Å². The monoisotopic (exact) mass is 305 g/mol. The number of aryl methyl sites for hydroxylation is 1. The Hall–Kier alpha value is -0.960. The molecule has 1 aliphatic rings. The molecule has 116 valence electrons. The summed E-state index contributed by atoms with van der Waals surface area (Å²) in [6.07, 6.45) is 8.19. The van der Waals surface area contributed by atoms with Gasteiger partial charge >= 0.3 is 0 Å². The van der Waals surface area contributed by atoms with Crippen LogP contribution in [-0.2, 0) is 10.5 Å². The summed E-state index contributed by atoms with van der Waals surface area (Å²) < 4.78 is 0. The normalized spacial score (nSPS) is 16.4. The van der Waals surface area contributed by atoms with Crippen molar-refractivity contribution in [2.24, 2.45) is 0 Å². The average Bonchev–Trinajstić information content (AvgIpc) is 2.74. The van der Waals surface area contributed by atoms with Crippen molar-refractivity contribution in [3.05, 3.63) is 35.4 Å². The number of carbonyl (C=O) groups excluding carboxylic acids is 1. The fraction of sp³-hybridized carbons (Fsp3) is 0.611. The average molecular weight is 305 g/mol. The van der Waals surface area contributed by atoms with E-state index in [1.807, 2.05) is 11.8 Å². The molecule has 3 heteroatoms. The molecule has 1 fully saturated rings. The van der Waals surface area contributed by atoms with E-state index in [1.165, 1.54) is 49.7 Å². The predicted molar refractivity (Wildman–Crippen MR) is 91.6 cm³/mol. The fourth-order valence-corrected chi connectivity index (χ4v) is 3.86. The maximum absolute atomic E-state index is 12.0. The Morgan fingerprint density at radius 2 is 1.90 bits per heavy atom.